The maximum absolute atomic E-state index is 12.1. The van der Waals surface area contributed by atoms with Crippen molar-refractivity contribution in [2.45, 2.75) is 0 Å². The Kier molecular flexibility index (Phi) is 2.93. The topological polar surface area (TPSA) is 37.3 Å². The van der Waals surface area contributed by atoms with Gasteiger partial charge in [0.25, 0.3) is 0 Å². The van der Waals surface area contributed by atoms with Gasteiger partial charge in [-0.1, -0.05) is 36.3 Å². The first-order valence-corrected chi connectivity index (χ1v) is 5.12. The highest BCUT2D eigenvalue weighted by Crippen LogP contribution is 2.21. The summed E-state index contributed by atoms with van der Waals surface area (Å²) in [5, 5.41) is 9.74. The predicted molar refractivity (Wildman–Crippen MR) is 65.9 cm³/mol. The van der Waals surface area contributed by atoms with Gasteiger partial charge in [-0.05, 0) is 18.2 Å². The zero-order chi connectivity index (χ0) is 12.3. The van der Waals surface area contributed by atoms with Gasteiger partial charge in [0.15, 0.2) is 5.78 Å². The quantitative estimate of drug-likeness (QED) is 0.626. The number of rotatable bonds is 2. The molecule has 17 heavy (non-hydrogen) atoms. The molecular formula is C15H10O2. The van der Waals surface area contributed by atoms with E-state index in [9.17, 15) is 9.90 Å². The van der Waals surface area contributed by atoms with E-state index in [1.165, 1.54) is 6.07 Å². The lowest BCUT2D eigenvalue weighted by atomic mass is 10.0. The third kappa shape index (κ3) is 2.19. The van der Waals surface area contributed by atoms with Crippen LogP contribution in [0.1, 0.15) is 21.5 Å². The molecule has 2 heteroatoms. The van der Waals surface area contributed by atoms with Crippen molar-refractivity contribution in [2.24, 2.45) is 0 Å². The third-order valence-corrected chi connectivity index (χ3v) is 2.45. The van der Waals surface area contributed by atoms with Crippen molar-refractivity contribution in [1.82, 2.24) is 0 Å². The minimum atomic E-state index is -0.216. The summed E-state index contributed by atoms with van der Waals surface area (Å²) in [7, 11) is 0. The van der Waals surface area contributed by atoms with Crippen LogP contribution in [0, 0.1) is 12.3 Å². The molecule has 0 heterocycles. The van der Waals surface area contributed by atoms with E-state index in [1.54, 1.807) is 36.4 Å². The second-order valence-electron chi connectivity index (χ2n) is 3.57. The second-order valence-corrected chi connectivity index (χ2v) is 3.57. The average Bonchev–Trinajstić information content (AvgIpc) is 2.39. The Hall–Kier alpha value is -2.53. The Labute approximate surface area is 99.5 Å². The van der Waals surface area contributed by atoms with Gasteiger partial charge in [-0.25, -0.2) is 0 Å². The van der Waals surface area contributed by atoms with Crippen molar-refractivity contribution < 1.29 is 9.90 Å². The van der Waals surface area contributed by atoms with Crippen molar-refractivity contribution in [1.29, 1.82) is 0 Å². The van der Waals surface area contributed by atoms with E-state index in [2.05, 4.69) is 5.92 Å². The highest BCUT2D eigenvalue weighted by Gasteiger charge is 2.12. The number of hydrogen-bond donors (Lipinski definition) is 1. The smallest absolute Gasteiger partial charge is 0.196 e. The van der Waals surface area contributed by atoms with Gasteiger partial charge in [-0.15, -0.1) is 6.42 Å². The fraction of sp³-hybridized carbons (Fsp3) is 0. The molecule has 0 aliphatic rings. The second kappa shape index (κ2) is 4.54. The van der Waals surface area contributed by atoms with Crippen LogP contribution in [-0.4, -0.2) is 10.9 Å². The van der Waals surface area contributed by atoms with Gasteiger partial charge in [0, 0.05) is 11.1 Å². The number of benzene rings is 2. The van der Waals surface area contributed by atoms with Crippen LogP contribution in [-0.2, 0) is 0 Å². The molecule has 82 valence electrons. The molecule has 2 rings (SSSR count). The van der Waals surface area contributed by atoms with Crippen molar-refractivity contribution in [3.63, 3.8) is 0 Å². The Balaban J connectivity index is 2.43. The first-order valence-electron chi connectivity index (χ1n) is 5.12. The molecule has 1 N–H and O–H groups in total. The minimum Gasteiger partial charge on any atom is -0.507 e. The molecule has 0 fully saturated rings. The molecule has 0 saturated heterocycles. The van der Waals surface area contributed by atoms with Crippen LogP contribution in [0.15, 0.2) is 48.5 Å². The molecule has 2 nitrogen and oxygen atoms in total. The largest absolute Gasteiger partial charge is 0.507 e. The Bertz CT molecular complexity index is 592. The summed E-state index contributed by atoms with van der Waals surface area (Å²) >= 11 is 0. The Morgan fingerprint density at radius 3 is 2.41 bits per heavy atom. The average molecular weight is 222 g/mol. The summed E-state index contributed by atoms with van der Waals surface area (Å²) in [6, 6.07) is 13.4. The molecule has 2 aromatic carbocycles. The fourth-order valence-electron chi connectivity index (χ4n) is 1.56. The van der Waals surface area contributed by atoms with Crippen LogP contribution in [0.25, 0.3) is 0 Å². The lowest BCUT2D eigenvalue weighted by molar-refractivity contribution is 0.103. The molecule has 0 aliphatic carbocycles. The predicted octanol–water partition coefficient (Wildman–Crippen LogP) is 2.60. The van der Waals surface area contributed by atoms with Crippen LogP contribution in [0.3, 0.4) is 0 Å². The van der Waals surface area contributed by atoms with E-state index >= 15 is 0 Å². The molecule has 0 spiro atoms. The highest BCUT2D eigenvalue weighted by atomic mass is 16.3. The van der Waals surface area contributed by atoms with Gasteiger partial charge in [0.1, 0.15) is 5.75 Å². The van der Waals surface area contributed by atoms with Gasteiger partial charge < -0.3 is 5.11 Å². The van der Waals surface area contributed by atoms with Gasteiger partial charge >= 0.3 is 0 Å². The number of carbonyl (C=O) groups is 1. The lowest BCUT2D eigenvalue weighted by Gasteiger charge is -2.04. The van der Waals surface area contributed by atoms with Crippen LogP contribution in [0.2, 0.25) is 0 Å². The summed E-state index contributed by atoms with van der Waals surface area (Å²) in [4.78, 5) is 12.1. The maximum atomic E-state index is 12.1. The number of ketones is 1. The molecule has 0 atom stereocenters. The van der Waals surface area contributed by atoms with Crippen LogP contribution in [0.5, 0.6) is 5.75 Å². The Morgan fingerprint density at radius 2 is 1.82 bits per heavy atom. The number of aromatic hydroxyl groups is 1. The summed E-state index contributed by atoms with van der Waals surface area (Å²) in [6.45, 7) is 0. The summed E-state index contributed by atoms with van der Waals surface area (Å²) in [6.07, 6.45) is 5.21. The number of phenolic OH excluding ortho intramolecular Hbond substituents is 1. The molecule has 0 bridgehead atoms. The maximum Gasteiger partial charge on any atom is 0.196 e. The van der Waals surface area contributed by atoms with Crippen molar-refractivity contribution >= 4 is 5.78 Å². The van der Waals surface area contributed by atoms with Gasteiger partial charge in [0.2, 0.25) is 0 Å². The summed E-state index contributed by atoms with van der Waals surface area (Å²) in [5.74, 6) is 2.10. The Morgan fingerprint density at radius 1 is 1.12 bits per heavy atom. The third-order valence-electron chi connectivity index (χ3n) is 2.45. The number of phenols is 1. The molecule has 2 aromatic rings. The summed E-state index contributed by atoms with van der Waals surface area (Å²) < 4.78 is 0. The first kappa shape index (κ1) is 11.0. The van der Waals surface area contributed by atoms with Crippen LogP contribution in [0.4, 0.5) is 0 Å². The van der Waals surface area contributed by atoms with Crippen molar-refractivity contribution in [3.8, 4) is 18.1 Å². The van der Waals surface area contributed by atoms with Crippen LogP contribution < -0.4 is 0 Å². The molecule has 0 radical (unpaired) electrons. The molecule has 0 aromatic heterocycles. The standard InChI is InChI=1S/C15H10O2/c1-2-11-8-9-13(14(16)10-11)15(17)12-6-4-3-5-7-12/h1,3-10,16H. The zero-order valence-corrected chi connectivity index (χ0v) is 9.05. The lowest BCUT2D eigenvalue weighted by Crippen LogP contribution is -2.01. The van der Waals surface area contributed by atoms with E-state index in [0.717, 1.165) is 0 Å². The van der Waals surface area contributed by atoms with E-state index < -0.39 is 0 Å². The summed E-state index contributed by atoms with van der Waals surface area (Å²) in [5.41, 5.74) is 1.35. The highest BCUT2D eigenvalue weighted by molar-refractivity contribution is 6.10. The minimum absolute atomic E-state index is 0.0886. The zero-order valence-electron chi connectivity index (χ0n) is 9.05. The number of terminal acetylenes is 1. The van der Waals surface area contributed by atoms with Crippen molar-refractivity contribution in [3.05, 3.63) is 65.2 Å². The monoisotopic (exact) mass is 222 g/mol. The van der Waals surface area contributed by atoms with Gasteiger partial charge in [-0.3, -0.25) is 4.79 Å². The molecule has 0 saturated carbocycles. The normalized spacial score (nSPS) is 9.59. The van der Waals surface area contributed by atoms with E-state index in [0.29, 0.717) is 11.1 Å². The molecule has 0 amide bonds. The van der Waals surface area contributed by atoms with E-state index in [-0.39, 0.29) is 17.1 Å². The fourth-order valence-corrected chi connectivity index (χ4v) is 1.56. The number of carbonyl (C=O) groups excluding carboxylic acids is 1. The first-order chi connectivity index (χ1) is 8.22. The molecule has 0 unspecified atom stereocenters. The van der Waals surface area contributed by atoms with E-state index in [1.807, 2.05) is 6.07 Å². The molecule has 0 aliphatic heterocycles. The van der Waals surface area contributed by atoms with Gasteiger partial charge in [0.05, 0.1) is 5.56 Å². The van der Waals surface area contributed by atoms with Gasteiger partial charge in [-0.2, -0.15) is 0 Å². The number of hydrogen-bond acceptors (Lipinski definition) is 2. The van der Waals surface area contributed by atoms with Crippen LogP contribution >= 0.6 is 0 Å². The SMILES string of the molecule is C#Cc1ccc(C(=O)c2ccccc2)c(O)c1. The van der Waals surface area contributed by atoms with Crippen molar-refractivity contribution in [2.75, 3.05) is 0 Å². The van der Waals surface area contributed by atoms with E-state index in [4.69, 9.17) is 6.42 Å². The molecular weight excluding hydrogens is 212 g/mol.